The van der Waals surface area contributed by atoms with E-state index in [1.165, 1.54) is 52.5 Å². The lowest BCUT2D eigenvalue weighted by Gasteiger charge is -2.15. The summed E-state index contributed by atoms with van der Waals surface area (Å²) in [4.78, 5) is 11.2. The van der Waals surface area contributed by atoms with Gasteiger partial charge in [0.15, 0.2) is 11.5 Å². The summed E-state index contributed by atoms with van der Waals surface area (Å²) < 4.78 is 43.3. The molecule has 0 bridgehead atoms. The van der Waals surface area contributed by atoms with Gasteiger partial charge in [0.2, 0.25) is 5.91 Å². The van der Waals surface area contributed by atoms with Crippen LogP contribution in [0.4, 0.5) is 11.4 Å². The zero-order valence-corrected chi connectivity index (χ0v) is 15.6. The second-order valence-electron chi connectivity index (χ2n) is 5.22. The van der Waals surface area contributed by atoms with Crippen LogP contribution in [0.1, 0.15) is 6.92 Å². The Morgan fingerprint density at radius 1 is 0.885 bits per heavy atom. The lowest BCUT2D eigenvalue weighted by Crippen LogP contribution is -2.14. The number of ether oxygens (including phenoxy) is 3. The molecule has 2 aromatic rings. The summed E-state index contributed by atoms with van der Waals surface area (Å²) in [6.45, 7) is 1.36. The third-order valence-electron chi connectivity index (χ3n) is 3.43. The van der Waals surface area contributed by atoms with E-state index in [9.17, 15) is 13.2 Å². The summed E-state index contributed by atoms with van der Waals surface area (Å²) in [5, 5.41) is 2.59. The molecule has 2 N–H and O–H groups in total. The highest BCUT2D eigenvalue weighted by Gasteiger charge is 2.19. The molecule has 140 valence electrons. The average molecular weight is 380 g/mol. The Balaban J connectivity index is 2.41. The summed E-state index contributed by atoms with van der Waals surface area (Å²) in [6, 6.07) is 8.88. The predicted octanol–water partition coefficient (Wildman–Crippen LogP) is 2.47. The lowest BCUT2D eigenvalue weighted by molar-refractivity contribution is -0.114. The van der Waals surface area contributed by atoms with E-state index in [1.54, 1.807) is 12.1 Å². The first kappa shape index (κ1) is 19.4. The molecular formula is C17H20N2O6S. The standard InChI is InChI=1S/C17H20N2O6S/c1-11(20)18-12-5-7-15(23-2)14(9-12)19-26(21,22)13-6-8-16(24-3)17(10-13)25-4/h5-10,19H,1-4H3,(H,18,20). The first-order valence-corrected chi connectivity index (χ1v) is 8.99. The van der Waals surface area contributed by atoms with Crippen LogP contribution >= 0.6 is 0 Å². The number of benzene rings is 2. The van der Waals surface area contributed by atoms with Crippen LogP contribution in [0.25, 0.3) is 0 Å². The number of anilines is 2. The molecule has 2 rings (SSSR count). The van der Waals surface area contributed by atoms with Gasteiger partial charge in [0.25, 0.3) is 10.0 Å². The highest BCUT2D eigenvalue weighted by molar-refractivity contribution is 7.92. The minimum Gasteiger partial charge on any atom is -0.495 e. The van der Waals surface area contributed by atoms with Crippen molar-refractivity contribution in [1.82, 2.24) is 0 Å². The topological polar surface area (TPSA) is 103 Å². The molecule has 26 heavy (non-hydrogen) atoms. The molecule has 0 heterocycles. The van der Waals surface area contributed by atoms with E-state index >= 15 is 0 Å². The van der Waals surface area contributed by atoms with E-state index in [-0.39, 0.29) is 22.2 Å². The van der Waals surface area contributed by atoms with Gasteiger partial charge in [-0.25, -0.2) is 8.42 Å². The van der Waals surface area contributed by atoms with Crippen LogP contribution in [0.2, 0.25) is 0 Å². The molecule has 1 amide bonds. The molecule has 0 radical (unpaired) electrons. The van der Waals surface area contributed by atoms with Crippen molar-refractivity contribution in [1.29, 1.82) is 0 Å². The molecule has 0 aliphatic rings. The molecule has 0 fully saturated rings. The number of sulfonamides is 1. The van der Waals surface area contributed by atoms with Gasteiger partial charge < -0.3 is 19.5 Å². The van der Waals surface area contributed by atoms with Crippen LogP contribution in [0.5, 0.6) is 17.2 Å². The monoisotopic (exact) mass is 380 g/mol. The van der Waals surface area contributed by atoms with Crippen molar-refractivity contribution in [3.63, 3.8) is 0 Å². The molecule has 0 saturated heterocycles. The van der Waals surface area contributed by atoms with Crippen molar-refractivity contribution in [2.24, 2.45) is 0 Å². The molecule has 0 saturated carbocycles. The Kier molecular flexibility index (Phi) is 5.93. The van der Waals surface area contributed by atoms with Crippen LogP contribution in [0.15, 0.2) is 41.3 Å². The maximum Gasteiger partial charge on any atom is 0.262 e. The molecule has 0 aromatic heterocycles. The molecule has 0 spiro atoms. The number of hydrogen-bond donors (Lipinski definition) is 2. The van der Waals surface area contributed by atoms with Gasteiger partial charge in [0, 0.05) is 18.7 Å². The van der Waals surface area contributed by atoms with Crippen LogP contribution in [0.3, 0.4) is 0 Å². The third kappa shape index (κ3) is 4.37. The van der Waals surface area contributed by atoms with E-state index in [1.807, 2.05) is 0 Å². The molecule has 0 atom stereocenters. The summed E-state index contributed by atoms with van der Waals surface area (Å²) >= 11 is 0. The zero-order valence-electron chi connectivity index (χ0n) is 14.8. The minimum absolute atomic E-state index is 0.0119. The van der Waals surface area contributed by atoms with Crippen LogP contribution < -0.4 is 24.2 Å². The van der Waals surface area contributed by atoms with E-state index in [2.05, 4.69) is 10.0 Å². The highest BCUT2D eigenvalue weighted by atomic mass is 32.2. The van der Waals surface area contributed by atoms with Crippen molar-refractivity contribution >= 4 is 27.3 Å². The second kappa shape index (κ2) is 7.96. The Bertz CT molecular complexity index is 911. The van der Waals surface area contributed by atoms with Gasteiger partial charge in [0.1, 0.15) is 5.75 Å². The zero-order chi connectivity index (χ0) is 19.3. The normalized spacial score (nSPS) is 10.8. The fourth-order valence-corrected chi connectivity index (χ4v) is 3.33. The molecule has 0 aliphatic heterocycles. The maximum absolute atomic E-state index is 12.7. The summed E-state index contributed by atoms with van der Waals surface area (Å²) in [6.07, 6.45) is 0. The molecular weight excluding hydrogens is 360 g/mol. The Hall–Kier alpha value is -2.94. The van der Waals surface area contributed by atoms with Crippen LogP contribution in [0, 0.1) is 0 Å². The Morgan fingerprint density at radius 2 is 1.50 bits per heavy atom. The van der Waals surface area contributed by atoms with Crippen LogP contribution in [-0.4, -0.2) is 35.7 Å². The van der Waals surface area contributed by atoms with E-state index in [0.29, 0.717) is 17.2 Å². The number of hydrogen-bond acceptors (Lipinski definition) is 6. The van der Waals surface area contributed by atoms with Gasteiger partial charge in [-0.05, 0) is 30.3 Å². The Morgan fingerprint density at radius 3 is 2.08 bits per heavy atom. The molecule has 0 aliphatic carbocycles. The number of amides is 1. The molecule has 0 unspecified atom stereocenters. The van der Waals surface area contributed by atoms with E-state index in [0.717, 1.165) is 0 Å². The lowest BCUT2D eigenvalue weighted by atomic mass is 10.2. The van der Waals surface area contributed by atoms with Crippen LogP contribution in [-0.2, 0) is 14.8 Å². The number of nitrogens with one attached hydrogen (secondary N) is 2. The largest absolute Gasteiger partial charge is 0.495 e. The fraction of sp³-hybridized carbons (Fsp3) is 0.235. The number of methoxy groups -OCH3 is 3. The quantitative estimate of drug-likeness (QED) is 0.765. The SMILES string of the molecule is COc1ccc(NC(C)=O)cc1NS(=O)(=O)c1ccc(OC)c(OC)c1. The van der Waals surface area contributed by atoms with Gasteiger partial charge in [-0.2, -0.15) is 0 Å². The van der Waals surface area contributed by atoms with Gasteiger partial charge in [-0.3, -0.25) is 9.52 Å². The van der Waals surface area contributed by atoms with Crippen molar-refractivity contribution < 1.29 is 27.4 Å². The van der Waals surface area contributed by atoms with E-state index in [4.69, 9.17) is 14.2 Å². The second-order valence-corrected chi connectivity index (χ2v) is 6.90. The summed E-state index contributed by atoms with van der Waals surface area (Å²) in [5.74, 6) is 0.734. The van der Waals surface area contributed by atoms with Gasteiger partial charge in [-0.1, -0.05) is 0 Å². The van der Waals surface area contributed by atoms with Gasteiger partial charge >= 0.3 is 0 Å². The first-order valence-electron chi connectivity index (χ1n) is 7.51. The number of carbonyl (C=O) groups is 1. The number of rotatable bonds is 7. The minimum atomic E-state index is -3.93. The molecule has 8 nitrogen and oxygen atoms in total. The average Bonchev–Trinajstić information content (AvgIpc) is 2.60. The predicted molar refractivity (Wildman–Crippen MR) is 97.7 cm³/mol. The number of carbonyl (C=O) groups excluding carboxylic acids is 1. The molecule has 9 heteroatoms. The summed E-state index contributed by atoms with van der Waals surface area (Å²) in [7, 11) is 0.371. The maximum atomic E-state index is 12.7. The van der Waals surface area contributed by atoms with Gasteiger partial charge in [-0.15, -0.1) is 0 Å². The Labute approximate surface area is 152 Å². The highest BCUT2D eigenvalue weighted by Crippen LogP contribution is 2.33. The van der Waals surface area contributed by atoms with Crippen molar-refractivity contribution in [3.05, 3.63) is 36.4 Å². The van der Waals surface area contributed by atoms with E-state index < -0.39 is 10.0 Å². The smallest absolute Gasteiger partial charge is 0.262 e. The molecule has 2 aromatic carbocycles. The summed E-state index contributed by atoms with van der Waals surface area (Å²) in [5.41, 5.74) is 0.622. The third-order valence-corrected chi connectivity index (χ3v) is 4.79. The van der Waals surface area contributed by atoms with Crippen molar-refractivity contribution in [2.45, 2.75) is 11.8 Å². The fourth-order valence-electron chi connectivity index (χ4n) is 2.26. The van der Waals surface area contributed by atoms with Gasteiger partial charge in [0.05, 0.1) is 31.9 Å². The van der Waals surface area contributed by atoms with Crippen molar-refractivity contribution in [2.75, 3.05) is 31.4 Å². The first-order chi connectivity index (χ1) is 12.3. The van der Waals surface area contributed by atoms with Crippen molar-refractivity contribution in [3.8, 4) is 17.2 Å².